The highest BCUT2D eigenvalue weighted by Crippen LogP contribution is 2.36. The monoisotopic (exact) mass is 627 g/mol. The van der Waals surface area contributed by atoms with Gasteiger partial charge in [-0.3, -0.25) is 9.69 Å². The first-order valence-electron chi connectivity index (χ1n) is 16.1. The predicted octanol–water partition coefficient (Wildman–Crippen LogP) is 4.41. The van der Waals surface area contributed by atoms with Gasteiger partial charge in [-0.2, -0.15) is 9.97 Å². The van der Waals surface area contributed by atoms with Crippen LogP contribution in [0.4, 0.5) is 15.9 Å². The summed E-state index contributed by atoms with van der Waals surface area (Å²) >= 11 is 0. The van der Waals surface area contributed by atoms with Crippen LogP contribution in [0, 0.1) is 13.5 Å². The summed E-state index contributed by atoms with van der Waals surface area (Å²) in [5.41, 5.74) is 4.33. The van der Waals surface area contributed by atoms with E-state index in [2.05, 4.69) is 83.3 Å². The molecule has 2 atom stereocenters. The Morgan fingerprint density at radius 2 is 1.93 bits per heavy atom. The number of fused-ring (bicyclic) bond motifs is 2. The van der Waals surface area contributed by atoms with Crippen LogP contribution in [-0.4, -0.2) is 103 Å². The number of halogens is 1. The van der Waals surface area contributed by atoms with Gasteiger partial charge in [0.15, 0.2) is 5.83 Å². The molecule has 3 aliphatic rings. The number of carbonyl (C=O) groups excluding carboxylic acids is 1. The molecule has 0 saturated carbocycles. The summed E-state index contributed by atoms with van der Waals surface area (Å²) in [5.74, 6) is -1.02. The van der Waals surface area contributed by atoms with Gasteiger partial charge in [0.2, 0.25) is 6.54 Å². The molecule has 0 N–H and O–H groups in total. The summed E-state index contributed by atoms with van der Waals surface area (Å²) in [6.07, 6.45) is 0.622. The Morgan fingerprint density at radius 1 is 1.13 bits per heavy atom. The number of anilines is 2. The highest BCUT2D eigenvalue weighted by atomic mass is 19.1. The number of morpholine rings is 1. The molecule has 4 heterocycles. The van der Waals surface area contributed by atoms with E-state index in [9.17, 15) is 9.18 Å². The maximum Gasteiger partial charge on any atom is 0.318 e. The molecular formula is C35H42FN7O3. The van der Waals surface area contributed by atoms with Gasteiger partial charge in [-0.05, 0) is 44.2 Å². The fourth-order valence-electron chi connectivity index (χ4n) is 6.90. The van der Waals surface area contributed by atoms with Crippen molar-refractivity contribution in [2.45, 2.75) is 51.9 Å². The lowest BCUT2D eigenvalue weighted by Crippen LogP contribution is -2.57. The number of carbonyl (C=O) groups is 1. The zero-order chi connectivity index (χ0) is 32.4. The van der Waals surface area contributed by atoms with Crippen LogP contribution in [0.15, 0.2) is 48.8 Å². The highest BCUT2D eigenvalue weighted by molar-refractivity contribution is 5.97. The Hall–Kier alpha value is -4.27. The zero-order valence-corrected chi connectivity index (χ0v) is 26.9. The Labute approximate surface area is 270 Å². The zero-order valence-electron chi connectivity index (χ0n) is 26.9. The molecule has 3 aromatic rings. The fraction of sp³-hybridized carbons (Fsp3) is 0.486. The molecule has 0 radical (unpaired) electrons. The third-order valence-electron chi connectivity index (χ3n) is 9.33. The van der Waals surface area contributed by atoms with Gasteiger partial charge in [0.05, 0.1) is 18.8 Å². The van der Waals surface area contributed by atoms with Gasteiger partial charge in [0.1, 0.15) is 24.6 Å². The molecule has 0 aliphatic carbocycles. The molecule has 0 bridgehead atoms. The number of ether oxygens (including phenoxy) is 2. The number of amides is 1. The molecule has 242 valence electrons. The maximum atomic E-state index is 13.9. The van der Waals surface area contributed by atoms with Crippen LogP contribution in [0.3, 0.4) is 0 Å². The minimum atomic E-state index is -1.01. The van der Waals surface area contributed by atoms with E-state index in [1.54, 1.807) is 0 Å². The van der Waals surface area contributed by atoms with Crippen LogP contribution in [0.5, 0.6) is 6.01 Å². The summed E-state index contributed by atoms with van der Waals surface area (Å²) in [6, 6.07) is 13.0. The highest BCUT2D eigenvalue weighted by Gasteiger charge is 2.36. The van der Waals surface area contributed by atoms with E-state index in [-0.39, 0.29) is 25.2 Å². The smallest absolute Gasteiger partial charge is 0.318 e. The summed E-state index contributed by atoms with van der Waals surface area (Å²) in [6.45, 7) is 22.3. The van der Waals surface area contributed by atoms with Crippen molar-refractivity contribution >= 4 is 28.2 Å². The standard InChI is InChI=1S/C35H42FN7O3/c1-23(2)40-16-17-45-28(20-40)22-46-35-38-30-21-41(31-11-7-10-26-9-6-8-24(3)32(26)31)13-12-29(30)33(39-35)42-14-15-43(34(44)25(4)36)27(19-42)18-37-5/h6-11,23,27-28H,4,12-22H2,1-3H3/t27-,28?/m0/s1. The van der Waals surface area contributed by atoms with Gasteiger partial charge >= 0.3 is 6.01 Å². The Bertz CT molecular complexity index is 1650. The molecule has 6 rings (SSSR count). The van der Waals surface area contributed by atoms with Gasteiger partial charge in [0.25, 0.3) is 5.91 Å². The van der Waals surface area contributed by atoms with Gasteiger partial charge in [-0.15, -0.1) is 0 Å². The van der Waals surface area contributed by atoms with Crippen molar-refractivity contribution < 1.29 is 18.7 Å². The first-order chi connectivity index (χ1) is 22.2. The maximum absolute atomic E-state index is 13.9. The van der Waals surface area contributed by atoms with Crippen LogP contribution in [0.25, 0.3) is 15.6 Å². The van der Waals surface area contributed by atoms with E-state index in [1.807, 2.05) is 0 Å². The Kier molecular flexibility index (Phi) is 9.38. The molecule has 3 aliphatic heterocycles. The lowest BCUT2D eigenvalue weighted by Gasteiger charge is -2.41. The number of piperazine rings is 1. The molecule has 2 fully saturated rings. The van der Waals surface area contributed by atoms with Crippen molar-refractivity contribution in [3.05, 3.63) is 77.0 Å². The van der Waals surface area contributed by atoms with Gasteiger partial charge in [-0.25, -0.2) is 11.0 Å². The number of aromatic nitrogens is 2. The van der Waals surface area contributed by atoms with Gasteiger partial charge in [-0.1, -0.05) is 36.9 Å². The summed E-state index contributed by atoms with van der Waals surface area (Å²) in [7, 11) is 0. The van der Waals surface area contributed by atoms with E-state index < -0.39 is 17.8 Å². The van der Waals surface area contributed by atoms with Crippen molar-refractivity contribution in [1.29, 1.82) is 0 Å². The van der Waals surface area contributed by atoms with Crippen LogP contribution in [0.1, 0.15) is 30.7 Å². The molecule has 2 saturated heterocycles. The van der Waals surface area contributed by atoms with Crippen molar-refractivity contribution in [3.63, 3.8) is 0 Å². The third kappa shape index (κ3) is 6.50. The van der Waals surface area contributed by atoms with Crippen LogP contribution in [-0.2, 0) is 22.5 Å². The molecule has 2 aromatic carbocycles. The summed E-state index contributed by atoms with van der Waals surface area (Å²) in [4.78, 5) is 34.3. The first-order valence-corrected chi connectivity index (χ1v) is 16.1. The summed E-state index contributed by atoms with van der Waals surface area (Å²) in [5, 5.41) is 2.44. The molecule has 1 unspecified atom stereocenters. The topological polar surface area (TPSA) is 78.6 Å². The Morgan fingerprint density at radius 3 is 2.70 bits per heavy atom. The number of aryl methyl sites for hydroxylation is 1. The summed E-state index contributed by atoms with van der Waals surface area (Å²) < 4.78 is 26.2. The second-order valence-electron chi connectivity index (χ2n) is 12.6. The van der Waals surface area contributed by atoms with E-state index >= 15 is 0 Å². The number of rotatable bonds is 8. The number of hydrogen-bond donors (Lipinski definition) is 0. The number of benzene rings is 2. The van der Waals surface area contributed by atoms with E-state index in [4.69, 9.17) is 26.0 Å². The van der Waals surface area contributed by atoms with E-state index in [0.29, 0.717) is 38.9 Å². The fourth-order valence-corrected chi connectivity index (χ4v) is 6.90. The van der Waals surface area contributed by atoms with Crippen LogP contribution in [0.2, 0.25) is 0 Å². The number of hydrogen-bond acceptors (Lipinski definition) is 8. The lowest BCUT2D eigenvalue weighted by molar-refractivity contribution is -0.131. The SMILES string of the molecule is [C-]#[N+]C[C@H]1CN(c2nc(OCC3CN(C(C)C)CCO3)nc3c2CCN(c2cccc4cccc(C)c24)C3)CCN1C(=O)C(=C)F. The minimum absolute atomic E-state index is 0.0612. The molecule has 1 amide bonds. The first kappa shape index (κ1) is 31.7. The van der Waals surface area contributed by atoms with Crippen molar-refractivity contribution in [1.82, 2.24) is 19.8 Å². The third-order valence-corrected chi connectivity index (χ3v) is 9.33. The minimum Gasteiger partial charge on any atom is -0.461 e. The molecule has 10 nitrogen and oxygen atoms in total. The van der Waals surface area contributed by atoms with Crippen LogP contribution < -0.4 is 14.5 Å². The predicted molar refractivity (Wildman–Crippen MR) is 177 cm³/mol. The van der Waals surface area contributed by atoms with Crippen molar-refractivity contribution in [2.24, 2.45) is 0 Å². The lowest BCUT2D eigenvalue weighted by atomic mass is 9.99. The molecular weight excluding hydrogens is 585 g/mol. The van der Waals surface area contributed by atoms with E-state index in [0.717, 1.165) is 43.1 Å². The van der Waals surface area contributed by atoms with Gasteiger partial charge in [0, 0.05) is 61.9 Å². The van der Waals surface area contributed by atoms with Gasteiger partial charge < -0.3 is 29.0 Å². The molecule has 11 heteroatoms. The second-order valence-corrected chi connectivity index (χ2v) is 12.6. The largest absolute Gasteiger partial charge is 0.461 e. The number of nitrogens with zero attached hydrogens (tertiary/aromatic N) is 7. The van der Waals surface area contributed by atoms with E-state index in [1.165, 1.54) is 26.9 Å². The van der Waals surface area contributed by atoms with Crippen molar-refractivity contribution in [2.75, 3.05) is 68.8 Å². The average molecular weight is 628 g/mol. The molecule has 1 aromatic heterocycles. The van der Waals surface area contributed by atoms with Crippen molar-refractivity contribution in [3.8, 4) is 6.01 Å². The van der Waals surface area contributed by atoms with Crippen LogP contribution >= 0.6 is 0 Å². The molecule has 0 spiro atoms. The second kappa shape index (κ2) is 13.6. The Balaban J connectivity index is 1.32. The normalized spacial score (nSPS) is 20.5. The quantitative estimate of drug-likeness (QED) is 0.269. The molecule has 46 heavy (non-hydrogen) atoms. The average Bonchev–Trinajstić information content (AvgIpc) is 3.06.